The van der Waals surface area contributed by atoms with Gasteiger partial charge < -0.3 is 10.4 Å². The van der Waals surface area contributed by atoms with E-state index >= 15 is 0 Å². The Kier molecular flexibility index (Phi) is 4.18. The largest absolute Gasteiger partial charge is 0.396 e. The quantitative estimate of drug-likeness (QED) is 0.797. The maximum Gasteiger partial charge on any atom is 0.140 e. The standard InChI is InChI=1S/C9H13BrN2O/c1-7-5-8(10)9(12-6-7)11-3-2-4-13/h5-6,13H,2-4H2,1H3,(H,11,12). The fourth-order valence-electron chi connectivity index (χ4n) is 0.949. The lowest BCUT2D eigenvalue weighted by Crippen LogP contribution is -2.05. The summed E-state index contributed by atoms with van der Waals surface area (Å²) in [4.78, 5) is 4.21. The first-order valence-electron chi connectivity index (χ1n) is 4.21. The molecule has 0 unspecified atom stereocenters. The first kappa shape index (κ1) is 10.5. The summed E-state index contributed by atoms with van der Waals surface area (Å²) in [5.74, 6) is 0.832. The molecule has 0 bridgehead atoms. The van der Waals surface area contributed by atoms with Gasteiger partial charge in [0.05, 0.1) is 4.47 Å². The summed E-state index contributed by atoms with van der Waals surface area (Å²) in [5, 5.41) is 11.7. The molecule has 0 radical (unpaired) electrons. The van der Waals surface area contributed by atoms with Gasteiger partial charge in [-0.25, -0.2) is 4.98 Å². The van der Waals surface area contributed by atoms with E-state index in [4.69, 9.17) is 5.11 Å². The van der Waals surface area contributed by atoms with Crippen LogP contribution in [0.25, 0.3) is 0 Å². The zero-order valence-electron chi connectivity index (χ0n) is 7.55. The van der Waals surface area contributed by atoms with Gasteiger partial charge in [-0.3, -0.25) is 0 Å². The van der Waals surface area contributed by atoms with Crippen LogP contribution in [0, 0.1) is 6.92 Å². The number of rotatable bonds is 4. The number of aromatic nitrogens is 1. The van der Waals surface area contributed by atoms with Crippen molar-refractivity contribution in [2.45, 2.75) is 13.3 Å². The number of anilines is 1. The van der Waals surface area contributed by atoms with E-state index < -0.39 is 0 Å². The Morgan fingerprint density at radius 3 is 3.00 bits per heavy atom. The number of nitrogens with one attached hydrogen (secondary N) is 1. The molecule has 0 spiro atoms. The maximum absolute atomic E-state index is 8.59. The molecule has 1 aromatic heterocycles. The molecule has 13 heavy (non-hydrogen) atoms. The second-order valence-electron chi connectivity index (χ2n) is 2.85. The summed E-state index contributed by atoms with van der Waals surface area (Å²) in [7, 11) is 0. The number of halogens is 1. The smallest absolute Gasteiger partial charge is 0.140 e. The Balaban J connectivity index is 2.56. The van der Waals surface area contributed by atoms with Crippen LogP contribution in [-0.4, -0.2) is 23.2 Å². The summed E-state index contributed by atoms with van der Waals surface area (Å²) >= 11 is 3.41. The number of hydrogen-bond acceptors (Lipinski definition) is 3. The van der Waals surface area contributed by atoms with Crippen LogP contribution < -0.4 is 5.32 Å². The van der Waals surface area contributed by atoms with E-state index in [0.717, 1.165) is 28.8 Å². The zero-order chi connectivity index (χ0) is 9.68. The van der Waals surface area contributed by atoms with Gasteiger partial charge in [0, 0.05) is 19.3 Å². The molecule has 0 aromatic carbocycles. The second kappa shape index (κ2) is 5.19. The molecule has 1 heterocycles. The molecule has 0 aliphatic heterocycles. The molecule has 0 amide bonds. The van der Waals surface area contributed by atoms with Gasteiger partial charge in [0.25, 0.3) is 0 Å². The Morgan fingerprint density at radius 2 is 2.38 bits per heavy atom. The van der Waals surface area contributed by atoms with Crippen LogP contribution in [0.15, 0.2) is 16.7 Å². The normalized spacial score (nSPS) is 10.1. The van der Waals surface area contributed by atoms with E-state index in [2.05, 4.69) is 26.2 Å². The van der Waals surface area contributed by atoms with Crippen LogP contribution in [0.4, 0.5) is 5.82 Å². The molecular weight excluding hydrogens is 232 g/mol. The van der Waals surface area contributed by atoms with Gasteiger partial charge in [0.1, 0.15) is 5.82 Å². The third-order valence-corrected chi connectivity index (χ3v) is 2.21. The molecule has 4 heteroatoms. The molecule has 0 saturated heterocycles. The average molecular weight is 245 g/mol. The topological polar surface area (TPSA) is 45.2 Å². The van der Waals surface area contributed by atoms with Crippen LogP contribution in [-0.2, 0) is 0 Å². The Morgan fingerprint density at radius 1 is 1.62 bits per heavy atom. The van der Waals surface area contributed by atoms with Crippen LogP contribution in [0.3, 0.4) is 0 Å². The fourth-order valence-corrected chi connectivity index (χ4v) is 1.55. The third kappa shape index (κ3) is 3.32. The van der Waals surface area contributed by atoms with Crippen molar-refractivity contribution in [3.8, 4) is 0 Å². The highest BCUT2D eigenvalue weighted by Crippen LogP contribution is 2.19. The van der Waals surface area contributed by atoms with Crippen molar-refractivity contribution in [1.29, 1.82) is 0 Å². The molecule has 0 aliphatic rings. The van der Waals surface area contributed by atoms with Gasteiger partial charge in [-0.05, 0) is 40.9 Å². The molecule has 2 N–H and O–H groups in total. The van der Waals surface area contributed by atoms with Gasteiger partial charge in [0.15, 0.2) is 0 Å². The van der Waals surface area contributed by atoms with Crippen molar-refractivity contribution >= 4 is 21.7 Å². The highest BCUT2D eigenvalue weighted by molar-refractivity contribution is 9.10. The minimum Gasteiger partial charge on any atom is -0.396 e. The monoisotopic (exact) mass is 244 g/mol. The SMILES string of the molecule is Cc1cnc(NCCCO)c(Br)c1. The predicted octanol–water partition coefficient (Wildman–Crippen LogP) is 1.95. The van der Waals surface area contributed by atoms with Crippen molar-refractivity contribution in [2.24, 2.45) is 0 Å². The van der Waals surface area contributed by atoms with Crippen LogP contribution >= 0.6 is 15.9 Å². The fraction of sp³-hybridized carbons (Fsp3) is 0.444. The van der Waals surface area contributed by atoms with Gasteiger partial charge >= 0.3 is 0 Å². The summed E-state index contributed by atoms with van der Waals surface area (Å²) in [6.45, 7) is 2.94. The van der Waals surface area contributed by atoms with E-state index in [0.29, 0.717) is 0 Å². The van der Waals surface area contributed by atoms with Crippen molar-refractivity contribution in [3.63, 3.8) is 0 Å². The van der Waals surface area contributed by atoms with Gasteiger partial charge in [0.2, 0.25) is 0 Å². The Labute approximate surface area is 86.3 Å². The molecule has 0 atom stereocenters. The lowest BCUT2D eigenvalue weighted by molar-refractivity contribution is 0.292. The number of nitrogens with zero attached hydrogens (tertiary/aromatic N) is 1. The average Bonchev–Trinajstić information content (AvgIpc) is 2.09. The second-order valence-corrected chi connectivity index (χ2v) is 3.70. The third-order valence-electron chi connectivity index (χ3n) is 1.61. The highest BCUT2D eigenvalue weighted by Gasteiger charge is 1.99. The molecule has 0 aliphatic carbocycles. The first-order chi connectivity index (χ1) is 6.24. The maximum atomic E-state index is 8.59. The number of aliphatic hydroxyl groups is 1. The minimum atomic E-state index is 0.205. The summed E-state index contributed by atoms with van der Waals surface area (Å²) in [5.41, 5.74) is 1.12. The van der Waals surface area contributed by atoms with Crippen molar-refractivity contribution < 1.29 is 5.11 Å². The van der Waals surface area contributed by atoms with E-state index in [9.17, 15) is 0 Å². The predicted molar refractivity (Wildman–Crippen MR) is 56.9 cm³/mol. The van der Waals surface area contributed by atoms with E-state index in [-0.39, 0.29) is 6.61 Å². The van der Waals surface area contributed by atoms with Crippen molar-refractivity contribution in [2.75, 3.05) is 18.5 Å². The van der Waals surface area contributed by atoms with Gasteiger partial charge in [-0.15, -0.1) is 0 Å². The minimum absolute atomic E-state index is 0.205. The molecule has 1 rings (SSSR count). The molecule has 0 saturated carbocycles. The molecule has 3 nitrogen and oxygen atoms in total. The van der Waals surface area contributed by atoms with Crippen LogP contribution in [0.5, 0.6) is 0 Å². The van der Waals surface area contributed by atoms with E-state index in [1.807, 2.05) is 19.2 Å². The number of aryl methyl sites for hydroxylation is 1. The molecule has 0 fully saturated rings. The van der Waals surface area contributed by atoms with E-state index in [1.165, 1.54) is 0 Å². The molecule has 1 aromatic rings. The summed E-state index contributed by atoms with van der Waals surface area (Å²) < 4.78 is 0.963. The summed E-state index contributed by atoms with van der Waals surface area (Å²) in [6, 6.07) is 2.01. The molecular formula is C9H13BrN2O. The first-order valence-corrected chi connectivity index (χ1v) is 5.00. The van der Waals surface area contributed by atoms with Gasteiger partial charge in [-0.2, -0.15) is 0 Å². The van der Waals surface area contributed by atoms with E-state index in [1.54, 1.807) is 0 Å². The number of pyridine rings is 1. The Bertz CT molecular complexity index is 278. The van der Waals surface area contributed by atoms with Crippen LogP contribution in [0.1, 0.15) is 12.0 Å². The number of hydrogen-bond donors (Lipinski definition) is 2. The summed E-state index contributed by atoms with van der Waals surface area (Å²) in [6.07, 6.45) is 2.55. The van der Waals surface area contributed by atoms with Crippen molar-refractivity contribution in [3.05, 3.63) is 22.3 Å². The zero-order valence-corrected chi connectivity index (χ0v) is 9.13. The van der Waals surface area contributed by atoms with Crippen molar-refractivity contribution in [1.82, 2.24) is 4.98 Å². The lowest BCUT2D eigenvalue weighted by Gasteiger charge is -2.06. The lowest BCUT2D eigenvalue weighted by atomic mass is 10.3. The highest BCUT2D eigenvalue weighted by atomic mass is 79.9. The number of aliphatic hydroxyl groups excluding tert-OH is 1. The molecule has 72 valence electrons. The van der Waals surface area contributed by atoms with Crippen LogP contribution in [0.2, 0.25) is 0 Å². The van der Waals surface area contributed by atoms with Gasteiger partial charge in [-0.1, -0.05) is 0 Å². The Hall–Kier alpha value is -0.610.